The first-order valence-corrected chi connectivity index (χ1v) is 8.62. The average molecular weight is 289 g/mol. The fraction of sp³-hybridized carbons (Fsp3) is 0.500. The van der Waals surface area contributed by atoms with Crippen molar-refractivity contribution in [2.75, 3.05) is 24.6 Å². The van der Waals surface area contributed by atoms with Crippen LogP contribution >= 0.6 is 11.8 Å². The van der Waals surface area contributed by atoms with E-state index in [1.807, 2.05) is 30.0 Å². The predicted octanol–water partition coefficient (Wildman–Crippen LogP) is 1.79. The molecule has 0 atom stereocenters. The summed E-state index contributed by atoms with van der Waals surface area (Å²) in [5, 5.41) is 3.15. The second-order valence-electron chi connectivity index (χ2n) is 3.93. The number of rotatable bonds is 9. The molecule has 0 unspecified atom stereocenters. The highest BCUT2D eigenvalue weighted by molar-refractivity contribution is 7.98. The molecule has 2 N–H and O–H groups in total. The minimum Gasteiger partial charge on any atom is -0.316 e. The third-order valence-electron chi connectivity index (χ3n) is 2.29. The Kier molecular flexibility index (Phi) is 7.34. The van der Waals surface area contributed by atoms with Gasteiger partial charge in [0.15, 0.2) is 0 Å². The third-order valence-corrected chi connectivity index (χ3v) is 4.13. The van der Waals surface area contributed by atoms with Crippen molar-refractivity contribution >= 4 is 21.9 Å². The summed E-state index contributed by atoms with van der Waals surface area (Å²) in [6.07, 6.45) is 0.447. The highest BCUT2D eigenvalue weighted by atomic mass is 32.2. The molecule has 0 amide bonds. The molecule has 6 heteroatoms. The Hall–Kier alpha value is -0.560. The van der Waals surface area contributed by atoms with Crippen molar-refractivity contribution in [3.63, 3.8) is 0 Å². The molecule has 0 saturated carbocycles. The van der Waals surface area contributed by atoms with Gasteiger partial charge in [-0.1, -0.05) is 30.3 Å². The Balaban J connectivity index is 1.93. The number of hydrogen-bond acceptors (Lipinski definition) is 4. The summed E-state index contributed by atoms with van der Waals surface area (Å²) in [6, 6.07) is 10.3. The lowest BCUT2D eigenvalue weighted by molar-refractivity contribution is 0.480. The lowest BCUT2D eigenvalue weighted by Crippen LogP contribution is -2.20. The van der Waals surface area contributed by atoms with Gasteiger partial charge in [-0.25, -0.2) is 0 Å². The van der Waals surface area contributed by atoms with E-state index in [1.165, 1.54) is 5.56 Å². The van der Waals surface area contributed by atoms with Gasteiger partial charge >= 0.3 is 0 Å². The molecule has 0 aliphatic heterocycles. The Labute approximate surface area is 113 Å². The van der Waals surface area contributed by atoms with Crippen LogP contribution in [0.4, 0.5) is 0 Å². The quantitative estimate of drug-likeness (QED) is 0.536. The summed E-state index contributed by atoms with van der Waals surface area (Å²) in [6.45, 7) is 1.47. The van der Waals surface area contributed by atoms with Crippen LogP contribution in [0.2, 0.25) is 0 Å². The van der Waals surface area contributed by atoms with Gasteiger partial charge in [-0.3, -0.25) is 4.55 Å². The van der Waals surface area contributed by atoms with E-state index in [-0.39, 0.29) is 5.75 Å². The lowest BCUT2D eigenvalue weighted by atomic mass is 10.2. The van der Waals surface area contributed by atoms with Crippen LogP contribution in [0.1, 0.15) is 12.0 Å². The zero-order chi connectivity index (χ0) is 13.3. The lowest BCUT2D eigenvalue weighted by Gasteiger charge is -2.04. The van der Waals surface area contributed by atoms with E-state index in [0.29, 0.717) is 13.0 Å². The van der Waals surface area contributed by atoms with Gasteiger partial charge in [0.05, 0.1) is 5.75 Å². The van der Waals surface area contributed by atoms with Gasteiger partial charge in [-0.2, -0.15) is 20.2 Å². The van der Waals surface area contributed by atoms with Gasteiger partial charge in [0.2, 0.25) is 0 Å². The maximum atomic E-state index is 10.4. The second kappa shape index (κ2) is 8.53. The minimum atomic E-state index is -3.80. The van der Waals surface area contributed by atoms with Gasteiger partial charge < -0.3 is 5.32 Å². The topological polar surface area (TPSA) is 66.4 Å². The van der Waals surface area contributed by atoms with E-state index in [0.717, 1.165) is 18.1 Å². The maximum absolute atomic E-state index is 10.4. The Morgan fingerprint density at radius 1 is 1.17 bits per heavy atom. The molecule has 4 nitrogen and oxygen atoms in total. The van der Waals surface area contributed by atoms with E-state index < -0.39 is 10.1 Å². The summed E-state index contributed by atoms with van der Waals surface area (Å²) in [7, 11) is -3.80. The zero-order valence-corrected chi connectivity index (χ0v) is 11.8. The molecule has 0 aliphatic carbocycles. The largest absolute Gasteiger partial charge is 0.316 e. The maximum Gasteiger partial charge on any atom is 0.264 e. The molecule has 0 saturated heterocycles. The number of thioether (sulfide) groups is 1. The van der Waals surface area contributed by atoms with E-state index >= 15 is 0 Å². The van der Waals surface area contributed by atoms with Crippen LogP contribution < -0.4 is 5.32 Å². The Morgan fingerprint density at radius 3 is 2.56 bits per heavy atom. The molecule has 102 valence electrons. The third kappa shape index (κ3) is 8.52. The molecule has 0 fully saturated rings. The van der Waals surface area contributed by atoms with Gasteiger partial charge in [0, 0.05) is 18.1 Å². The van der Waals surface area contributed by atoms with Crippen molar-refractivity contribution in [3.05, 3.63) is 35.9 Å². The van der Waals surface area contributed by atoms with Crippen LogP contribution in [0, 0.1) is 0 Å². The van der Waals surface area contributed by atoms with Crippen LogP contribution in [-0.4, -0.2) is 37.6 Å². The smallest absolute Gasteiger partial charge is 0.264 e. The Bertz CT molecular complexity index is 420. The minimum absolute atomic E-state index is 0.169. The fourth-order valence-corrected chi connectivity index (χ4v) is 2.78. The van der Waals surface area contributed by atoms with Gasteiger partial charge in [0.1, 0.15) is 0 Å². The van der Waals surface area contributed by atoms with Crippen molar-refractivity contribution in [3.8, 4) is 0 Å². The second-order valence-corrected chi connectivity index (χ2v) is 6.61. The Morgan fingerprint density at radius 2 is 1.89 bits per heavy atom. The van der Waals surface area contributed by atoms with Crippen LogP contribution in [0.3, 0.4) is 0 Å². The van der Waals surface area contributed by atoms with Crippen LogP contribution in [-0.2, 0) is 15.9 Å². The van der Waals surface area contributed by atoms with Crippen molar-refractivity contribution in [1.29, 1.82) is 0 Å². The van der Waals surface area contributed by atoms with E-state index in [1.54, 1.807) is 0 Å². The van der Waals surface area contributed by atoms with Crippen LogP contribution in [0.15, 0.2) is 30.3 Å². The summed E-state index contributed by atoms with van der Waals surface area (Å²) in [4.78, 5) is 0. The molecule has 1 aromatic rings. The van der Waals surface area contributed by atoms with Crippen molar-refractivity contribution in [2.24, 2.45) is 0 Å². The summed E-state index contributed by atoms with van der Waals surface area (Å²) >= 11 is 1.84. The summed E-state index contributed by atoms with van der Waals surface area (Å²) in [5.74, 6) is 1.81. The predicted molar refractivity (Wildman–Crippen MR) is 76.5 cm³/mol. The SMILES string of the molecule is O=S(=O)(O)CCCNCCSCc1ccccc1. The van der Waals surface area contributed by atoms with Gasteiger partial charge in [-0.05, 0) is 18.5 Å². The fourth-order valence-electron chi connectivity index (χ4n) is 1.41. The highest BCUT2D eigenvalue weighted by Crippen LogP contribution is 2.10. The molecule has 18 heavy (non-hydrogen) atoms. The highest BCUT2D eigenvalue weighted by Gasteiger charge is 2.02. The molecule has 0 heterocycles. The van der Waals surface area contributed by atoms with E-state index in [4.69, 9.17) is 4.55 Å². The molecular formula is C12H19NO3S2. The normalized spacial score (nSPS) is 11.6. The number of nitrogens with one attached hydrogen (secondary N) is 1. The molecule has 0 bridgehead atoms. The average Bonchev–Trinajstić information content (AvgIpc) is 2.32. The van der Waals surface area contributed by atoms with Gasteiger partial charge in [-0.15, -0.1) is 0 Å². The summed E-state index contributed by atoms with van der Waals surface area (Å²) in [5.41, 5.74) is 1.31. The number of benzene rings is 1. The van der Waals surface area contributed by atoms with E-state index in [2.05, 4.69) is 17.4 Å². The number of hydrogen-bond donors (Lipinski definition) is 2. The van der Waals surface area contributed by atoms with Gasteiger partial charge in [0.25, 0.3) is 10.1 Å². The molecule has 1 rings (SSSR count). The molecular weight excluding hydrogens is 270 g/mol. The molecule has 0 radical (unpaired) electrons. The standard InChI is InChI=1S/C12H19NO3S2/c14-18(15,16)10-4-7-13-8-9-17-11-12-5-2-1-3-6-12/h1-3,5-6,13H,4,7-11H2,(H,14,15,16). The van der Waals surface area contributed by atoms with Crippen molar-refractivity contribution < 1.29 is 13.0 Å². The first-order valence-electron chi connectivity index (χ1n) is 5.85. The van der Waals surface area contributed by atoms with E-state index in [9.17, 15) is 8.42 Å². The summed E-state index contributed by atoms with van der Waals surface area (Å²) < 4.78 is 29.4. The van der Waals surface area contributed by atoms with Crippen molar-refractivity contribution in [2.45, 2.75) is 12.2 Å². The zero-order valence-electron chi connectivity index (χ0n) is 10.2. The molecule has 0 aliphatic rings. The first-order chi connectivity index (χ1) is 8.58. The molecule has 0 aromatic heterocycles. The molecule has 1 aromatic carbocycles. The molecule has 0 spiro atoms. The van der Waals surface area contributed by atoms with Crippen LogP contribution in [0.5, 0.6) is 0 Å². The van der Waals surface area contributed by atoms with Crippen molar-refractivity contribution in [1.82, 2.24) is 5.32 Å². The first kappa shape index (κ1) is 15.5. The van der Waals surface area contributed by atoms with Crippen LogP contribution in [0.25, 0.3) is 0 Å². The monoisotopic (exact) mass is 289 g/mol.